The average molecular weight is 359 g/mol. The molecule has 1 fully saturated rings. The molecule has 0 unspecified atom stereocenters. The lowest BCUT2D eigenvalue weighted by molar-refractivity contribution is -0.133. The number of amides is 1. The molecule has 1 amide bonds. The van der Waals surface area contributed by atoms with Gasteiger partial charge in [-0.25, -0.2) is 0 Å². The van der Waals surface area contributed by atoms with Crippen LogP contribution in [0.1, 0.15) is 18.9 Å². The monoisotopic (exact) mass is 358 g/mol. The van der Waals surface area contributed by atoms with Gasteiger partial charge in [0, 0.05) is 32.1 Å². The van der Waals surface area contributed by atoms with E-state index in [0.717, 1.165) is 25.2 Å². The van der Waals surface area contributed by atoms with Gasteiger partial charge in [0.1, 0.15) is 0 Å². The third-order valence-corrected chi connectivity index (χ3v) is 4.22. The van der Waals surface area contributed by atoms with Crippen LogP contribution in [-0.4, -0.2) is 57.8 Å². The Morgan fingerprint density at radius 2 is 1.92 bits per heavy atom. The molecule has 0 aromatic heterocycles. The Bertz CT molecular complexity index is 554. The number of ether oxygens (including phenoxy) is 3. The molecule has 0 bridgehead atoms. The van der Waals surface area contributed by atoms with Gasteiger partial charge < -0.3 is 24.4 Å². The van der Waals surface area contributed by atoms with Crippen LogP contribution in [0.3, 0.4) is 0 Å². The lowest BCUT2D eigenvalue weighted by Gasteiger charge is -2.34. The summed E-state index contributed by atoms with van der Waals surface area (Å²) in [4.78, 5) is 14.4. The number of nitrogens with zero attached hydrogens (tertiary/aromatic N) is 1. The SMILES string of the molecule is COc1ccc(CCC(=O)N2CCNC[C@H]2C)c(OC)c1OC.Cl. The van der Waals surface area contributed by atoms with E-state index in [1.165, 1.54) is 0 Å². The van der Waals surface area contributed by atoms with E-state index in [0.29, 0.717) is 30.1 Å². The molecule has 1 atom stereocenters. The second-order valence-electron chi connectivity index (χ2n) is 5.63. The standard InChI is InChI=1S/C17H26N2O4.ClH/c1-12-11-18-9-10-19(12)15(20)8-6-13-5-7-14(21-2)17(23-4)16(13)22-3;/h5,7,12,18H,6,8-11H2,1-4H3;1H/t12-;/m1./s1. The molecule has 2 rings (SSSR count). The first-order chi connectivity index (χ1) is 11.1. The van der Waals surface area contributed by atoms with Crippen LogP contribution >= 0.6 is 12.4 Å². The first-order valence-corrected chi connectivity index (χ1v) is 7.90. The molecule has 1 aliphatic rings. The number of piperazine rings is 1. The Labute approximate surface area is 149 Å². The number of halogens is 1. The largest absolute Gasteiger partial charge is 0.493 e. The molecular formula is C17H27ClN2O4. The number of methoxy groups -OCH3 is 3. The van der Waals surface area contributed by atoms with Crippen molar-refractivity contribution in [3.8, 4) is 17.2 Å². The molecule has 1 aromatic carbocycles. The van der Waals surface area contributed by atoms with Crippen molar-refractivity contribution in [3.63, 3.8) is 0 Å². The summed E-state index contributed by atoms with van der Waals surface area (Å²) in [6, 6.07) is 4.01. The third kappa shape index (κ3) is 4.45. The van der Waals surface area contributed by atoms with E-state index in [4.69, 9.17) is 14.2 Å². The average Bonchev–Trinajstić information content (AvgIpc) is 2.58. The zero-order valence-electron chi connectivity index (χ0n) is 14.8. The number of hydrogen-bond acceptors (Lipinski definition) is 5. The third-order valence-electron chi connectivity index (χ3n) is 4.22. The van der Waals surface area contributed by atoms with Crippen LogP contribution in [0.4, 0.5) is 0 Å². The fourth-order valence-electron chi connectivity index (χ4n) is 2.96. The van der Waals surface area contributed by atoms with Gasteiger partial charge in [0.15, 0.2) is 11.5 Å². The maximum absolute atomic E-state index is 12.5. The van der Waals surface area contributed by atoms with Crippen LogP contribution in [0.25, 0.3) is 0 Å². The summed E-state index contributed by atoms with van der Waals surface area (Å²) >= 11 is 0. The molecular weight excluding hydrogens is 332 g/mol. The number of aryl methyl sites for hydroxylation is 1. The van der Waals surface area contributed by atoms with Crippen molar-refractivity contribution in [2.24, 2.45) is 0 Å². The van der Waals surface area contributed by atoms with Crippen molar-refractivity contribution in [1.82, 2.24) is 10.2 Å². The van der Waals surface area contributed by atoms with Crippen LogP contribution in [0.2, 0.25) is 0 Å². The molecule has 1 aromatic rings. The van der Waals surface area contributed by atoms with Gasteiger partial charge in [-0.2, -0.15) is 0 Å². The minimum absolute atomic E-state index is 0. The summed E-state index contributed by atoms with van der Waals surface area (Å²) in [5, 5.41) is 3.29. The maximum Gasteiger partial charge on any atom is 0.223 e. The Kier molecular flexibility index (Phi) is 8.15. The summed E-state index contributed by atoms with van der Waals surface area (Å²) in [6.07, 6.45) is 1.06. The Balaban J connectivity index is 0.00000288. The summed E-state index contributed by atoms with van der Waals surface area (Å²) in [7, 11) is 4.77. The molecule has 7 heteroatoms. The van der Waals surface area contributed by atoms with Crippen LogP contribution < -0.4 is 19.5 Å². The number of carbonyl (C=O) groups is 1. The van der Waals surface area contributed by atoms with Crippen molar-refractivity contribution in [2.45, 2.75) is 25.8 Å². The van der Waals surface area contributed by atoms with Crippen LogP contribution in [0.5, 0.6) is 17.2 Å². The van der Waals surface area contributed by atoms with E-state index < -0.39 is 0 Å². The Hall–Kier alpha value is -1.66. The first-order valence-electron chi connectivity index (χ1n) is 7.90. The highest BCUT2D eigenvalue weighted by molar-refractivity contribution is 5.85. The molecule has 1 N–H and O–H groups in total. The van der Waals surface area contributed by atoms with Gasteiger partial charge in [0.2, 0.25) is 11.7 Å². The highest BCUT2D eigenvalue weighted by Crippen LogP contribution is 2.40. The molecule has 24 heavy (non-hydrogen) atoms. The number of hydrogen-bond donors (Lipinski definition) is 1. The minimum Gasteiger partial charge on any atom is -0.493 e. The summed E-state index contributed by atoms with van der Waals surface area (Å²) < 4.78 is 16.1. The van der Waals surface area contributed by atoms with E-state index in [1.807, 2.05) is 17.0 Å². The van der Waals surface area contributed by atoms with Gasteiger partial charge >= 0.3 is 0 Å². The second kappa shape index (κ2) is 9.59. The van der Waals surface area contributed by atoms with E-state index in [-0.39, 0.29) is 24.4 Å². The fourth-order valence-corrected chi connectivity index (χ4v) is 2.96. The van der Waals surface area contributed by atoms with Crippen LogP contribution in [0, 0.1) is 0 Å². The number of carbonyl (C=O) groups excluding carboxylic acids is 1. The predicted octanol–water partition coefficient (Wildman–Crippen LogP) is 1.89. The van der Waals surface area contributed by atoms with Crippen molar-refractivity contribution in [3.05, 3.63) is 17.7 Å². The summed E-state index contributed by atoms with van der Waals surface area (Å²) in [6.45, 7) is 4.55. The predicted molar refractivity (Wildman–Crippen MR) is 95.7 cm³/mol. The van der Waals surface area contributed by atoms with Gasteiger partial charge in [0.05, 0.1) is 21.3 Å². The van der Waals surface area contributed by atoms with Crippen molar-refractivity contribution >= 4 is 18.3 Å². The van der Waals surface area contributed by atoms with Gasteiger partial charge in [-0.1, -0.05) is 6.07 Å². The van der Waals surface area contributed by atoms with E-state index >= 15 is 0 Å². The molecule has 0 saturated carbocycles. The van der Waals surface area contributed by atoms with E-state index in [1.54, 1.807) is 21.3 Å². The zero-order valence-corrected chi connectivity index (χ0v) is 15.6. The highest BCUT2D eigenvalue weighted by Gasteiger charge is 2.23. The molecule has 6 nitrogen and oxygen atoms in total. The molecule has 1 heterocycles. The summed E-state index contributed by atoms with van der Waals surface area (Å²) in [5.74, 6) is 1.99. The molecule has 136 valence electrons. The number of nitrogens with one attached hydrogen (secondary N) is 1. The molecule has 0 radical (unpaired) electrons. The van der Waals surface area contributed by atoms with E-state index in [2.05, 4.69) is 12.2 Å². The zero-order chi connectivity index (χ0) is 16.8. The highest BCUT2D eigenvalue weighted by atomic mass is 35.5. The molecule has 1 aliphatic heterocycles. The molecule has 1 saturated heterocycles. The smallest absolute Gasteiger partial charge is 0.223 e. The normalized spacial score (nSPS) is 17.0. The molecule has 0 spiro atoms. The van der Waals surface area contributed by atoms with Crippen LogP contribution in [-0.2, 0) is 11.2 Å². The van der Waals surface area contributed by atoms with Gasteiger partial charge in [0.25, 0.3) is 0 Å². The number of benzene rings is 1. The fraction of sp³-hybridized carbons (Fsp3) is 0.588. The Morgan fingerprint density at radius 3 is 2.50 bits per heavy atom. The van der Waals surface area contributed by atoms with Gasteiger partial charge in [-0.3, -0.25) is 4.79 Å². The van der Waals surface area contributed by atoms with Crippen molar-refractivity contribution < 1.29 is 19.0 Å². The van der Waals surface area contributed by atoms with Crippen molar-refractivity contribution in [1.29, 1.82) is 0 Å². The van der Waals surface area contributed by atoms with E-state index in [9.17, 15) is 4.79 Å². The van der Waals surface area contributed by atoms with Crippen LogP contribution in [0.15, 0.2) is 12.1 Å². The van der Waals surface area contributed by atoms with Gasteiger partial charge in [-0.05, 0) is 25.0 Å². The second-order valence-corrected chi connectivity index (χ2v) is 5.63. The lowest BCUT2D eigenvalue weighted by Crippen LogP contribution is -2.52. The molecule has 0 aliphatic carbocycles. The Morgan fingerprint density at radius 1 is 1.21 bits per heavy atom. The number of rotatable bonds is 6. The topological polar surface area (TPSA) is 60.0 Å². The maximum atomic E-state index is 12.5. The quantitative estimate of drug-likeness (QED) is 0.841. The van der Waals surface area contributed by atoms with Gasteiger partial charge in [-0.15, -0.1) is 12.4 Å². The van der Waals surface area contributed by atoms with Crippen molar-refractivity contribution in [2.75, 3.05) is 41.0 Å². The summed E-state index contributed by atoms with van der Waals surface area (Å²) in [5.41, 5.74) is 0.946. The minimum atomic E-state index is 0. The lowest BCUT2D eigenvalue weighted by atomic mass is 10.1. The first kappa shape index (κ1) is 20.4.